The van der Waals surface area contributed by atoms with Crippen LogP contribution in [0.2, 0.25) is 6.04 Å². The molecule has 0 unspecified atom stereocenters. The minimum atomic E-state index is -2.33. The van der Waals surface area contributed by atoms with Crippen molar-refractivity contribution in [3.63, 3.8) is 0 Å². The molecule has 0 amide bonds. The summed E-state index contributed by atoms with van der Waals surface area (Å²) in [5.74, 6) is 0. The van der Waals surface area contributed by atoms with E-state index >= 15 is 0 Å². The van der Waals surface area contributed by atoms with Crippen molar-refractivity contribution in [2.75, 3.05) is 26.7 Å². The lowest BCUT2D eigenvalue weighted by atomic mass is 10.0. The monoisotopic (exact) mass is 438 g/mol. The Morgan fingerprint density at radius 3 is 1.04 bits per heavy atom. The summed E-state index contributed by atoms with van der Waals surface area (Å²) in [6.07, 6.45) is 20.7. The zero-order chi connectivity index (χ0) is 18.6. The third-order valence-electron chi connectivity index (χ3n) is 5.05. The van der Waals surface area contributed by atoms with Crippen LogP contribution < -0.4 is 0 Å². The van der Waals surface area contributed by atoms with Crippen LogP contribution in [0.1, 0.15) is 96.3 Å². The third-order valence-corrected chi connectivity index (χ3v) is 8.44. The summed E-state index contributed by atoms with van der Waals surface area (Å²) in [5, 5.41) is 1.17. The molecule has 5 heteroatoms. The standard InChI is InChI=1S/C20H43BrO3Si/c1-22-25(23-2,24-3)20-18-16-14-12-10-8-6-4-5-7-9-11-13-15-17-19-21/h4-20H2,1-3H3. The molecule has 0 fully saturated rings. The Balaban J connectivity index is 3.21. The molecule has 0 heterocycles. The molecule has 0 aliphatic carbocycles. The van der Waals surface area contributed by atoms with Gasteiger partial charge in [0.25, 0.3) is 0 Å². The largest absolute Gasteiger partial charge is 0.500 e. The Morgan fingerprint density at radius 1 is 0.480 bits per heavy atom. The summed E-state index contributed by atoms with van der Waals surface area (Å²) in [6.45, 7) is 0. The summed E-state index contributed by atoms with van der Waals surface area (Å²) in [5.41, 5.74) is 0. The van der Waals surface area contributed by atoms with Crippen molar-refractivity contribution in [3.8, 4) is 0 Å². The van der Waals surface area contributed by atoms with Gasteiger partial charge in [-0.25, -0.2) is 0 Å². The van der Waals surface area contributed by atoms with Gasteiger partial charge in [0.15, 0.2) is 0 Å². The number of rotatable bonds is 20. The van der Waals surface area contributed by atoms with Crippen molar-refractivity contribution in [1.82, 2.24) is 0 Å². The van der Waals surface area contributed by atoms with E-state index in [4.69, 9.17) is 13.3 Å². The van der Waals surface area contributed by atoms with Crippen molar-refractivity contribution in [2.45, 2.75) is 102 Å². The Labute approximate surface area is 167 Å². The molecule has 0 aliphatic rings. The number of alkyl halides is 1. The second-order valence-corrected chi connectivity index (χ2v) is 10.9. The van der Waals surface area contributed by atoms with E-state index < -0.39 is 8.80 Å². The van der Waals surface area contributed by atoms with E-state index in [-0.39, 0.29) is 0 Å². The topological polar surface area (TPSA) is 27.7 Å². The smallest absolute Gasteiger partial charge is 0.377 e. The molecule has 25 heavy (non-hydrogen) atoms. The second kappa shape index (κ2) is 19.3. The molecule has 0 atom stereocenters. The van der Waals surface area contributed by atoms with Gasteiger partial charge >= 0.3 is 8.80 Å². The van der Waals surface area contributed by atoms with Gasteiger partial charge in [-0.3, -0.25) is 0 Å². The van der Waals surface area contributed by atoms with Crippen LogP contribution >= 0.6 is 15.9 Å². The highest BCUT2D eigenvalue weighted by molar-refractivity contribution is 9.09. The third kappa shape index (κ3) is 15.3. The lowest BCUT2D eigenvalue weighted by molar-refractivity contribution is 0.122. The Morgan fingerprint density at radius 2 is 0.760 bits per heavy atom. The van der Waals surface area contributed by atoms with Crippen LogP contribution in [0.5, 0.6) is 0 Å². The molecule has 152 valence electrons. The Bertz CT molecular complexity index is 255. The van der Waals surface area contributed by atoms with Crippen LogP contribution in [0.4, 0.5) is 0 Å². The predicted molar refractivity (Wildman–Crippen MR) is 115 cm³/mol. The number of hydrogen-bond acceptors (Lipinski definition) is 3. The zero-order valence-electron chi connectivity index (χ0n) is 17.1. The first-order valence-corrected chi connectivity index (χ1v) is 13.5. The average Bonchev–Trinajstić information content (AvgIpc) is 2.65. The fraction of sp³-hybridized carbons (Fsp3) is 1.00. The van der Waals surface area contributed by atoms with Gasteiger partial charge < -0.3 is 13.3 Å². The van der Waals surface area contributed by atoms with Crippen LogP contribution in [0.15, 0.2) is 0 Å². The van der Waals surface area contributed by atoms with E-state index in [1.165, 1.54) is 95.2 Å². The lowest BCUT2D eigenvalue weighted by Gasteiger charge is -2.24. The van der Waals surface area contributed by atoms with Crippen LogP contribution in [0.25, 0.3) is 0 Å². The fourth-order valence-corrected chi connectivity index (χ4v) is 5.48. The maximum absolute atomic E-state index is 5.45. The highest BCUT2D eigenvalue weighted by Gasteiger charge is 2.36. The van der Waals surface area contributed by atoms with Crippen molar-refractivity contribution in [2.24, 2.45) is 0 Å². The van der Waals surface area contributed by atoms with Crippen molar-refractivity contribution >= 4 is 24.7 Å². The molecule has 0 radical (unpaired) electrons. The number of hydrogen-bond donors (Lipinski definition) is 0. The van der Waals surface area contributed by atoms with Gasteiger partial charge in [-0.05, 0) is 12.8 Å². The zero-order valence-corrected chi connectivity index (χ0v) is 19.7. The van der Waals surface area contributed by atoms with E-state index in [0.717, 1.165) is 12.5 Å². The first-order valence-electron chi connectivity index (χ1n) is 10.5. The van der Waals surface area contributed by atoms with Crippen LogP contribution in [0.3, 0.4) is 0 Å². The molecular formula is C20H43BrO3Si. The van der Waals surface area contributed by atoms with Crippen LogP contribution in [-0.4, -0.2) is 35.5 Å². The second-order valence-electron chi connectivity index (χ2n) is 7.04. The molecule has 0 saturated heterocycles. The van der Waals surface area contributed by atoms with Crippen LogP contribution in [-0.2, 0) is 13.3 Å². The van der Waals surface area contributed by atoms with Gasteiger partial charge in [0.05, 0.1) is 0 Å². The molecule has 3 nitrogen and oxygen atoms in total. The minimum Gasteiger partial charge on any atom is -0.377 e. The van der Waals surface area contributed by atoms with Crippen molar-refractivity contribution in [1.29, 1.82) is 0 Å². The summed E-state index contributed by atoms with van der Waals surface area (Å²) >= 11 is 3.49. The molecule has 0 aromatic carbocycles. The maximum Gasteiger partial charge on any atom is 0.500 e. The first kappa shape index (κ1) is 25.6. The Kier molecular flexibility index (Phi) is 19.8. The first-order chi connectivity index (χ1) is 12.2. The minimum absolute atomic E-state index is 0.937. The quantitative estimate of drug-likeness (QED) is 0.115. The van der Waals surface area contributed by atoms with Gasteiger partial charge in [-0.1, -0.05) is 99.4 Å². The number of unbranched alkanes of at least 4 members (excludes halogenated alkanes) is 14. The van der Waals surface area contributed by atoms with Gasteiger partial charge in [-0.15, -0.1) is 0 Å². The molecule has 0 aromatic heterocycles. The molecular weight excluding hydrogens is 396 g/mol. The predicted octanol–water partition coefficient (Wildman–Crippen LogP) is 7.11. The number of halogens is 1. The highest BCUT2D eigenvalue weighted by atomic mass is 79.9. The summed E-state index contributed by atoms with van der Waals surface area (Å²) in [4.78, 5) is 0. The Hall–Kier alpha value is 0.577. The molecule has 0 bridgehead atoms. The summed E-state index contributed by atoms with van der Waals surface area (Å²) in [7, 11) is 2.77. The fourth-order valence-electron chi connectivity index (χ4n) is 3.29. The molecule has 0 aliphatic heterocycles. The van der Waals surface area contributed by atoms with Crippen molar-refractivity contribution < 1.29 is 13.3 Å². The van der Waals surface area contributed by atoms with Gasteiger partial charge in [0.2, 0.25) is 0 Å². The molecule has 0 rings (SSSR count). The van der Waals surface area contributed by atoms with E-state index in [0.29, 0.717) is 0 Å². The molecule has 0 saturated carbocycles. The van der Waals surface area contributed by atoms with Gasteiger partial charge in [-0.2, -0.15) is 0 Å². The van der Waals surface area contributed by atoms with Crippen molar-refractivity contribution in [3.05, 3.63) is 0 Å². The van der Waals surface area contributed by atoms with E-state index in [2.05, 4.69) is 15.9 Å². The van der Waals surface area contributed by atoms with E-state index in [1.54, 1.807) is 21.3 Å². The van der Waals surface area contributed by atoms with Gasteiger partial charge in [0.1, 0.15) is 0 Å². The van der Waals surface area contributed by atoms with E-state index in [1.807, 2.05) is 0 Å². The summed E-state index contributed by atoms with van der Waals surface area (Å²) in [6, 6.07) is 0.937. The SMILES string of the molecule is CO[Si](CCCCCCCCCCCCCCCCCBr)(OC)OC. The van der Waals surface area contributed by atoms with Crippen LogP contribution in [0, 0.1) is 0 Å². The highest BCUT2D eigenvalue weighted by Crippen LogP contribution is 2.18. The molecule has 0 spiro atoms. The maximum atomic E-state index is 5.45. The average molecular weight is 440 g/mol. The normalized spacial score (nSPS) is 12.0. The lowest BCUT2D eigenvalue weighted by Crippen LogP contribution is -2.42. The van der Waals surface area contributed by atoms with Gasteiger partial charge in [0, 0.05) is 32.7 Å². The van der Waals surface area contributed by atoms with E-state index in [9.17, 15) is 0 Å². The molecule has 0 aromatic rings. The molecule has 0 N–H and O–H groups in total. The summed E-state index contributed by atoms with van der Waals surface area (Å²) < 4.78 is 16.4.